The molecule has 348 valence electrons. The lowest BCUT2D eigenvalue weighted by Gasteiger charge is -2.24. The Morgan fingerprint density at radius 3 is 2.39 bits per heavy atom. The van der Waals surface area contributed by atoms with Gasteiger partial charge in [0.15, 0.2) is 5.82 Å². The molecule has 23 heteroatoms. The van der Waals surface area contributed by atoms with Crippen LogP contribution in [0.25, 0.3) is 38.8 Å². The predicted molar refractivity (Wildman–Crippen MR) is 228 cm³/mol. The second-order valence-corrected chi connectivity index (χ2v) is 19.2. The van der Waals surface area contributed by atoms with E-state index in [9.17, 15) is 39.6 Å². The summed E-state index contributed by atoms with van der Waals surface area (Å²) in [6.45, 7) is -0.446. The minimum Gasteiger partial charge on any atom is -0.344 e. The summed E-state index contributed by atoms with van der Waals surface area (Å²) in [5.41, 5.74) is -2.07. The second-order valence-electron chi connectivity index (χ2n) is 16.8. The molecule has 0 radical (unpaired) electrons. The summed E-state index contributed by atoms with van der Waals surface area (Å²) in [5, 5.41) is 9.27. The van der Waals surface area contributed by atoms with E-state index in [1.54, 1.807) is 31.2 Å². The summed E-state index contributed by atoms with van der Waals surface area (Å²) in [6.07, 6.45) is -6.30. The van der Waals surface area contributed by atoms with Crippen LogP contribution in [0.1, 0.15) is 71.7 Å². The molecule has 13 nitrogen and oxygen atoms in total. The van der Waals surface area contributed by atoms with Crippen molar-refractivity contribution in [1.29, 1.82) is 0 Å². The molecular weight excluding hydrogens is 938 g/mol. The Hall–Kier alpha value is -6.42. The molecule has 3 aliphatic carbocycles. The van der Waals surface area contributed by atoms with Gasteiger partial charge in [0.25, 0.3) is 24.3 Å². The van der Waals surface area contributed by atoms with Crippen LogP contribution in [0.5, 0.6) is 0 Å². The monoisotopic (exact) mass is 971 g/mol. The summed E-state index contributed by atoms with van der Waals surface area (Å²) < 4.78 is 149. The molecule has 0 bridgehead atoms. The van der Waals surface area contributed by atoms with Crippen LogP contribution >= 0.6 is 11.6 Å². The van der Waals surface area contributed by atoms with Gasteiger partial charge in [0.1, 0.15) is 41.9 Å². The van der Waals surface area contributed by atoms with Crippen LogP contribution in [0.4, 0.5) is 40.9 Å². The fraction of sp³-hybridized carbons (Fsp3) is 0.318. The van der Waals surface area contributed by atoms with Crippen molar-refractivity contribution in [3.63, 3.8) is 0 Å². The number of nitrogens with zero attached hydrogens (tertiary/aromatic N) is 7. The number of nitrogens with one attached hydrogen (secondary N) is 2. The molecule has 3 aromatic carbocycles. The largest absolute Gasteiger partial charge is 0.344 e. The van der Waals surface area contributed by atoms with Crippen molar-refractivity contribution in [3.8, 4) is 16.9 Å². The fourth-order valence-electron chi connectivity index (χ4n) is 9.03. The van der Waals surface area contributed by atoms with Gasteiger partial charge >= 0.3 is 0 Å². The van der Waals surface area contributed by atoms with Gasteiger partial charge in [-0.25, -0.2) is 39.7 Å². The summed E-state index contributed by atoms with van der Waals surface area (Å²) in [5.74, 6) is -9.79. The number of amides is 1. The lowest BCUT2D eigenvalue weighted by molar-refractivity contribution is -0.123. The average Bonchev–Trinajstić information content (AvgIpc) is 4.17. The summed E-state index contributed by atoms with van der Waals surface area (Å²) in [7, 11) is -4.09. The number of aromatic nitrogens is 7. The van der Waals surface area contributed by atoms with Gasteiger partial charge in [0.05, 0.1) is 49.5 Å². The van der Waals surface area contributed by atoms with E-state index in [2.05, 4.69) is 25.2 Å². The van der Waals surface area contributed by atoms with E-state index in [0.717, 1.165) is 21.4 Å². The number of sulfonamides is 1. The highest BCUT2D eigenvalue weighted by Gasteiger charge is 2.67. The fourth-order valence-corrected chi connectivity index (χ4v) is 10.6. The molecule has 1 amide bonds. The molecule has 0 aliphatic heterocycles. The van der Waals surface area contributed by atoms with Gasteiger partial charge < -0.3 is 5.32 Å². The number of carbonyl (C=O) groups is 1. The van der Waals surface area contributed by atoms with Crippen LogP contribution in [0.2, 0.25) is 5.02 Å². The zero-order valence-electron chi connectivity index (χ0n) is 34.6. The number of benzene rings is 3. The summed E-state index contributed by atoms with van der Waals surface area (Å²) >= 11 is 6.67. The Kier molecular flexibility index (Phi) is 10.7. The molecule has 3 atom stereocenters. The number of aryl methyl sites for hydroxylation is 1. The highest BCUT2D eigenvalue weighted by molar-refractivity contribution is 7.93. The first-order valence-corrected chi connectivity index (χ1v) is 22.7. The van der Waals surface area contributed by atoms with E-state index in [4.69, 9.17) is 16.6 Å². The minimum absolute atomic E-state index is 0.0174. The van der Waals surface area contributed by atoms with Gasteiger partial charge in [0.2, 0.25) is 15.9 Å². The molecule has 4 aromatic heterocycles. The molecule has 7 aromatic rings. The Morgan fingerprint density at radius 1 is 0.955 bits per heavy atom. The molecule has 2 fully saturated rings. The van der Waals surface area contributed by atoms with Gasteiger partial charge in [-0.2, -0.15) is 19.0 Å². The number of rotatable bonds is 14. The third kappa shape index (κ3) is 7.96. The third-order valence-corrected chi connectivity index (χ3v) is 14.3. The Labute approximate surface area is 378 Å². The van der Waals surface area contributed by atoms with Crippen LogP contribution in [-0.2, 0) is 40.3 Å². The molecule has 3 aliphatic rings. The van der Waals surface area contributed by atoms with Crippen molar-refractivity contribution < 1.29 is 48.3 Å². The maximum atomic E-state index is 15.6. The minimum atomic E-state index is -4.09. The van der Waals surface area contributed by atoms with Gasteiger partial charge in [0, 0.05) is 35.2 Å². The van der Waals surface area contributed by atoms with Crippen LogP contribution in [0.3, 0.4) is 0 Å². The van der Waals surface area contributed by atoms with Crippen molar-refractivity contribution in [3.05, 3.63) is 128 Å². The Morgan fingerprint density at radius 2 is 1.70 bits per heavy atom. The van der Waals surface area contributed by atoms with Gasteiger partial charge in [-0.15, -0.1) is 0 Å². The SMILES string of the molecule is Cc1cccc(-c2ccc3c(=O)n(-c4ccc(Cl)c5c(NS(=O)(=O)C6CC6)nn(CC(F)F)c45)c([C@H](Cc4cc(F)cc(F)c4)NC(=O)Cn4nc(C(F)F)c5c4C(F)(F)C4CC54)nc3c2)n1. The van der Waals surface area contributed by atoms with Gasteiger partial charge in [-0.1, -0.05) is 23.7 Å². The standard InChI is InChI=1S/C44H34ClF8N9O4S/c1-19-3-2-4-29(54-19)21-5-8-25-30(14-21)56-42(62(43(25)64)32-10-9-28(45)36-38(32)60(17-33(48)49)58-41(36)59-67(65,66)24-6-7-24)31(13-20-11-22(46)15-23(47)12-20)55-34(63)18-61-39-35(37(57-61)40(50)51)26-16-27(26)44(39,52)53/h2-5,8-12,14-15,24,26-27,31,33,40H,6-7,13,16-18H2,1H3,(H,55,63)(H,58,59)/t26?,27?,31-/m0/s1. The van der Waals surface area contributed by atoms with Gasteiger partial charge in [-0.3, -0.25) is 33.2 Å². The maximum Gasteiger partial charge on any atom is 0.293 e. The van der Waals surface area contributed by atoms with E-state index in [1.165, 1.54) is 24.3 Å². The zero-order chi connectivity index (χ0) is 47.4. The van der Waals surface area contributed by atoms with Gasteiger partial charge in [-0.05, 0) is 86.2 Å². The normalized spacial score (nSPS) is 17.9. The highest BCUT2D eigenvalue weighted by atomic mass is 35.5. The molecule has 2 unspecified atom stereocenters. The van der Waals surface area contributed by atoms with Crippen molar-refractivity contribution in [1.82, 2.24) is 39.4 Å². The quantitative estimate of drug-likeness (QED) is 0.103. The van der Waals surface area contributed by atoms with Crippen molar-refractivity contribution in [2.75, 3.05) is 4.72 Å². The van der Waals surface area contributed by atoms with E-state index >= 15 is 13.6 Å². The molecule has 0 saturated heterocycles. The highest BCUT2D eigenvalue weighted by Crippen LogP contribution is 2.68. The lowest BCUT2D eigenvalue weighted by Crippen LogP contribution is -2.38. The molecule has 67 heavy (non-hydrogen) atoms. The van der Waals surface area contributed by atoms with E-state index < -0.39 is 118 Å². The number of hydrogen-bond donors (Lipinski definition) is 2. The Balaban J connectivity index is 1.19. The summed E-state index contributed by atoms with van der Waals surface area (Å²) in [4.78, 5) is 38.8. The van der Waals surface area contributed by atoms with Crippen molar-refractivity contribution >= 4 is 55.2 Å². The molecule has 0 spiro atoms. The number of fused-ring (bicyclic) bond motifs is 5. The Bertz CT molecular complexity index is 3360. The number of halogens is 9. The zero-order valence-corrected chi connectivity index (χ0v) is 36.2. The van der Waals surface area contributed by atoms with Crippen LogP contribution in [-0.4, -0.2) is 60.1 Å². The smallest absolute Gasteiger partial charge is 0.293 e. The number of anilines is 1. The first kappa shape index (κ1) is 44.4. The number of alkyl halides is 6. The van der Waals surface area contributed by atoms with E-state index in [-0.39, 0.29) is 50.1 Å². The first-order chi connectivity index (χ1) is 31.8. The second kappa shape index (κ2) is 16.1. The van der Waals surface area contributed by atoms with Crippen LogP contribution < -0.4 is 15.6 Å². The van der Waals surface area contributed by atoms with Crippen molar-refractivity contribution in [2.24, 2.45) is 5.92 Å². The maximum absolute atomic E-state index is 15.6. The van der Waals surface area contributed by atoms with Crippen LogP contribution in [0, 0.1) is 24.5 Å². The van der Waals surface area contributed by atoms with Crippen molar-refractivity contribution in [2.45, 2.75) is 81.7 Å². The molecule has 2 N–H and O–H groups in total. The first-order valence-electron chi connectivity index (χ1n) is 20.8. The third-order valence-electron chi connectivity index (χ3n) is 12.1. The topological polar surface area (TPSA) is 159 Å². The summed E-state index contributed by atoms with van der Waals surface area (Å²) in [6, 6.07) is 12.9. The number of hydrogen-bond acceptors (Lipinski definition) is 8. The molecule has 2 saturated carbocycles. The van der Waals surface area contributed by atoms with E-state index in [1.807, 2.05) is 0 Å². The lowest BCUT2D eigenvalue weighted by atomic mass is 10.0. The predicted octanol–water partition coefficient (Wildman–Crippen LogP) is 8.65. The molecular formula is C44H34ClF8N9O4S. The van der Waals surface area contributed by atoms with E-state index in [0.29, 0.717) is 40.5 Å². The molecule has 10 rings (SSSR count). The average molecular weight is 972 g/mol. The number of carbonyl (C=O) groups excluding carboxylic acids is 1. The van der Waals surface area contributed by atoms with Crippen LogP contribution in [0.15, 0.2) is 71.5 Å². The molecule has 4 heterocycles. The number of pyridine rings is 1.